The van der Waals surface area contributed by atoms with E-state index in [4.69, 9.17) is 16.2 Å². The van der Waals surface area contributed by atoms with Crippen molar-refractivity contribution in [2.75, 3.05) is 18.1 Å². The lowest BCUT2D eigenvalue weighted by atomic mass is 10.1. The first-order valence-electron chi connectivity index (χ1n) is 5.43. The highest BCUT2D eigenvalue weighted by Gasteiger charge is 2.12. The van der Waals surface area contributed by atoms with Crippen molar-refractivity contribution in [3.63, 3.8) is 0 Å². The van der Waals surface area contributed by atoms with Gasteiger partial charge < -0.3 is 16.2 Å². The fraction of sp³-hybridized carbons (Fsp3) is 0.167. The molecule has 2 aromatic rings. The van der Waals surface area contributed by atoms with Gasteiger partial charge in [0.2, 0.25) is 5.95 Å². The smallest absolute Gasteiger partial charge is 0.222 e. The summed E-state index contributed by atoms with van der Waals surface area (Å²) in [6, 6.07) is 6.84. The minimum absolute atomic E-state index is 0.0576. The molecule has 0 spiro atoms. The second-order valence-corrected chi connectivity index (χ2v) is 3.59. The molecule has 0 bridgehead atoms. The van der Waals surface area contributed by atoms with Crippen LogP contribution in [0.5, 0.6) is 5.75 Å². The Kier molecular flexibility index (Phi) is 3.27. The van der Waals surface area contributed by atoms with Gasteiger partial charge in [-0.05, 0) is 31.2 Å². The third kappa shape index (κ3) is 2.32. The predicted molar refractivity (Wildman–Crippen MR) is 67.4 cm³/mol. The summed E-state index contributed by atoms with van der Waals surface area (Å²) in [4.78, 5) is 7.40. The molecule has 0 radical (unpaired) electrons. The van der Waals surface area contributed by atoms with Crippen LogP contribution >= 0.6 is 0 Å². The van der Waals surface area contributed by atoms with Crippen LogP contribution in [0.25, 0.3) is 11.3 Å². The number of rotatable bonds is 3. The van der Waals surface area contributed by atoms with Crippen LogP contribution in [0.3, 0.4) is 0 Å². The Labute approximate surface area is 104 Å². The van der Waals surface area contributed by atoms with Crippen molar-refractivity contribution in [1.29, 1.82) is 0 Å². The highest BCUT2D eigenvalue weighted by Crippen LogP contribution is 2.25. The number of nitrogens with two attached hydrogens (primary N) is 2. The number of hydrogen-bond acceptors (Lipinski definition) is 5. The van der Waals surface area contributed by atoms with Crippen molar-refractivity contribution in [3.8, 4) is 17.0 Å². The molecule has 0 saturated heterocycles. The van der Waals surface area contributed by atoms with Gasteiger partial charge in [-0.3, -0.25) is 0 Å². The molecule has 0 atom stereocenters. The third-order valence-electron chi connectivity index (χ3n) is 2.33. The van der Waals surface area contributed by atoms with E-state index in [2.05, 4.69) is 9.97 Å². The van der Waals surface area contributed by atoms with E-state index in [1.54, 1.807) is 24.3 Å². The summed E-state index contributed by atoms with van der Waals surface area (Å²) >= 11 is 0. The Morgan fingerprint density at radius 1 is 1.17 bits per heavy atom. The van der Waals surface area contributed by atoms with E-state index in [0.29, 0.717) is 17.9 Å². The van der Waals surface area contributed by atoms with E-state index in [9.17, 15) is 4.39 Å². The zero-order valence-electron chi connectivity index (χ0n) is 9.85. The zero-order chi connectivity index (χ0) is 13.1. The van der Waals surface area contributed by atoms with E-state index >= 15 is 0 Å². The lowest BCUT2D eigenvalue weighted by molar-refractivity contribution is 0.340. The number of ether oxygens (including phenoxy) is 1. The lowest BCUT2D eigenvalue weighted by Gasteiger charge is -2.07. The second kappa shape index (κ2) is 4.87. The van der Waals surface area contributed by atoms with Gasteiger partial charge in [0, 0.05) is 5.56 Å². The maximum absolute atomic E-state index is 13.8. The second-order valence-electron chi connectivity index (χ2n) is 3.59. The lowest BCUT2D eigenvalue weighted by Crippen LogP contribution is -2.05. The fourth-order valence-corrected chi connectivity index (χ4v) is 1.55. The van der Waals surface area contributed by atoms with Crippen molar-refractivity contribution >= 4 is 11.8 Å². The van der Waals surface area contributed by atoms with Gasteiger partial charge >= 0.3 is 0 Å². The van der Waals surface area contributed by atoms with Crippen LogP contribution in [0.1, 0.15) is 6.92 Å². The molecule has 6 heteroatoms. The van der Waals surface area contributed by atoms with E-state index in [-0.39, 0.29) is 17.5 Å². The maximum Gasteiger partial charge on any atom is 0.222 e. The number of anilines is 2. The Morgan fingerprint density at radius 2 is 1.83 bits per heavy atom. The monoisotopic (exact) mass is 248 g/mol. The van der Waals surface area contributed by atoms with Crippen LogP contribution in [0, 0.1) is 5.82 Å². The van der Waals surface area contributed by atoms with Crippen LogP contribution in [0.15, 0.2) is 24.3 Å². The number of nitrogen functional groups attached to an aromatic ring is 2. The van der Waals surface area contributed by atoms with Gasteiger partial charge in [-0.15, -0.1) is 0 Å². The van der Waals surface area contributed by atoms with Crippen molar-refractivity contribution in [2.24, 2.45) is 0 Å². The molecule has 4 N–H and O–H groups in total. The molecule has 5 nitrogen and oxygen atoms in total. The van der Waals surface area contributed by atoms with Gasteiger partial charge in [-0.2, -0.15) is 4.98 Å². The first-order valence-corrected chi connectivity index (χ1v) is 5.43. The molecule has 0 aliphatic rings. The fourth-order valence-electron chi connectivity index (χ4n) is 1.55. The van der Waals surface area contributed by atoms with Gasteiger partial charge in [-0.1, -0.05) is 0 Å². The Bertz CT molecular complexity index is 557. The maximum atomic E-state index is 13.8. The molecule has 1 aromatic heterocycles. The summed E-state index contributed by atoms with van der Waals surface area (Å²) in [6.45, 7) is 2.46. The van der Waals surface area contributed by atoms with Crippen LogP contribution in [-0.2, 0) is 0 Å². The molecular weight excluding hydrogens is 235 g/mol. The molecule has 0 aliphatic heterocycles. The summed E-state index contributed by atoms with van der Waals surface area (Å²) in [7, 11) is 0. The van der Waals surface area contributed by atoms with Gasteiger partial charge in [0.1, 0.15) is 11.4 Å². The van der Waals surface area contributed by atoms with Crippen molar-refractivity contribution < 1.29 is 9.13 Å². The molecule has 18 heavy (non-hydrogen) atoms. The standard InChI is InChI=1S/C12H13FN4O/c1-2-18-8-5-3-7(4-6-8)10-9(13)11(14)17-12(15)16-10/h3-6H,2H2,1H3,(H4,14,15,16,17). The summed E-state index contributed by atoms with van der Waals surface area (Å²) in [6.07, 6.45) is 0. The van der Waals surface area contributed by atoms with Gasteiger partial charge in [0.05, 0.1) is 6.61 Å². The number of nitrogens with zero attached hydrogens (tertiary/aromatic N) is 2. The van der Waals surface area contributed by atoms with Crippen LogP contribution in [0.2, 0.25) is 0 Å². The van der Waals surface area contributed by atoms with E-state index < -0.39 is 5.82 Å². The molecule has 1 aromatic carbocycles. The third-order valence-corrected chi connectivity index (χ3v) is 2.33. The Balaban J connectivity index is 2.42. The normalized spacial score (nSPS) is 10.3. The molecular formula is C12H13FN4O. The van der Waals surface area contributed by atoms with Gasteiger partial charge in [0.25, 0.3) is 0 Å². The van der Waals surface area contributed by atoms with Crippen molar-refractivity contribution in [3.05, 3.63) is 30.1 Å². The first-order chi connectivity index (χ1) is 8.61. The van der Waals surface area contributed by atoms with E-state index in [0.717, 1.165) is 0 Å². The number of benzene rings is 1. The summed E-state index contributed by atoms with van der Waals surface area (Å²) < 4.78 is 19.1. The highest BCUT2D eigenvalue weighted by atomic mass is 19.1. The molecule has 0 unspecified atom stereocenters. The molecule has 94 valence electrons. The molecule has 1 heterocycles. The number of hydrogen-bond donors (Lipinski definition) is 2. The van der Waals surface area contributed by atoms with Gasteiger partial charge in [0.15, 0.2) is 11.6 Å². The molecule has 2 rings (SSSR count). The quantitative estimate of drug-likeness (QED) is 0.865. The Morgan fingerprint density at radius 3 is 2.44 bits per heavy atom. The summed E-state index contributed by atoms with van der Waals surface area (Å²) in [5.41, 5.74) is 11.5. The van der Waals surface area contributed by atoms with Crippen molar-refractivity contribution in [1.82, 2.24) is 9.97 Å². The largest absolute Gasteiger partial charge is 0.494 e. The summed E-state index contributed by atoms with van der Waals surface area (Å²) in [5.74, 6) is -0.283. The van der Waals surface area contributed by atoms with Crippen molar-refractivity contribution in [2.45, 2.75) is 6.92 Å². The molecule has 0 fully saturated rings. The highest BCUT2D eigenvalue weighted by molar-refractivity contribution is 5.65. The molecule has 0 amide bonds. The average molecular weight is 248 g/mol. The topological polar surface area (TPSA) is 87.0 Å². The number of halogens is 1. The van der Waals surface area contributed by atoms with Crippen LogP contribution < -0.4 is 16.2 Å². The Hall–Kier alpha value is -2.37. The zero-order valence-corrected chi connectivity index (χ0v) is 9.85. The predicted octanol–water partition coefficient (Wildman–Crippen LogP) is 1.85. The minimum Gasteiger partial charge on any atom is -0.494 e. The average Bonchev–Trinajstić information content (AvgIpc) is 2.35. The first kappa shape index (κ1) is 12.1. The summed E-state index contributed by atoms with van der Waals surface area (Å²) in [5, 5.41) is 0. The molecule has 0 aliphatic carbocycles. The minimum atomic E-state index is -0.673. The number of aromatic nitrogens is 2. The SMILES string of the molecule is CCOc1ccc(-c2nc(N)nc(N)c2F)cc1. The van der Waals surface area contributed by atoms with Crippen LogP contribution in [-0.4, -0.2) is 16.6 Å². The van der Waals surface area contributed by atoms with Crippen LogP contribution in [0.4, 0.5) is 16.2 Å². The van der Waals surface area contributed by atoms with Gasteiger partial charge in [-0.25, -0.2) is 9.37 Å². The van der Waals surface area contributed by atoms with E-state index in [1.807, 2.05) is 6.92 Å². The molecule has 0 saturated carbocycles. The van der Waals surface area contributed by atoms with E-state index in [1.165, 1.54) is 0 Å².